The van der Waals surface area contributed by atoms with Crippen molar-refractivity contribution in [1.82, 2.24) is 5.32 Å². The van der Waals surface area contributed by atoms with Crippen molar-refractivity contribution >= 4 is 17.7 Å². The van der Waals surface area contributed by atoms with Crippen LogP contribution in [0.1, 0.15) is 5.56 Å². The van der Waals surface area contributed by atoms with Crippen molar-refractivity contribution in [3.05, 3.63) is 46.0 Å². The smallest absolute Gasteiger partial charge is 0.276 e. The molecule has 1 saturated heterocycles. The first-order valence-corrected chi connectivity index (χ1v) is 7.27. The van der Waals surface area contributed by atoms with Crippen LogP contribution >= 0.6 is 0 Å². The molecule has 0 radical (unpaired) electrons. The Morgan fingerprint density at radius 3 is 2.82 bits per heavy atom. The Morgan fingerprint density at radius 2 is 2.09 bits per heavy atom. The molecular formula is C15H20N3O4+. The van der Waals surface area contributed by atoms with Gasteiger partial charge in [0.1, 0.15) is 13.1 Å². The van der Waals surface area contributed by atoms with Gasteiger partial charge in [0.05, 0.1) is 36.8 Å². The van der Waals surface area contributed by atoms with Crippen molar-refractivity contribution in [2.75, 3.05) is 39.4 Å². The largest absolute Gasteiger partial charge is 0.370 e. The summed E-state index contributed by atoms with van der Waals surface area (Å²) in [5, 5.41) is 13.7. The predicted octanol–water partition coefficient (Wildman–Crippen LogP) is -0.361. The van der Waals surface area contributed by atoms with E-state index < -0.39 is 4.92 Å². The number of carbonyl (C=O) groups excluding carboxylic acids is 1. The summed E-state index contributed by atoms with van der Waals surface area (Å²) in [5.74, 6) is -0.245. The second-order valence-corrected chi connectivity index (χ2v) is 5.05. The normalized spacial score (nSPS) is 15.8. The summed E-state index contributed by atoms with van der Waals surface area (Å²) in [4.78, 5) is 23.6. The number of hydrogen-bond donors (Lipinski definition) is 2. The van der Waals surface area contributed by atoms with E-state index in [-0.39, 0.29) is 11.6 Å². The van der Waals surface area contributed by atoms with Crippen molar-refractivity contribution < 1.29 is 19.4 Å². The second kappa shape index (κ2) is 8.26. The van der Waals surface area contributed by atoms with E-state index in [0.717, 1.165) is 32.8 Å². The number of carbonyl (C=O) groups is 1. The Bertz CT molecular complexity index is 553. The molecule has 0 atom stereocenters. The van der Waals surface area contributed by atoms with Gasteiger partial charge < -0.3 is 15.0 Å². The fraction of sp³-hybridized carbons (Fsp3) is 0.400. The van der Waals surface area contributed by atoms with Crippen LogP contribution in [0, 0.1) is 10.1 Å². The fourth-order valence-electron chi connectivity index (χ4n) is 2.29. The first-order chi connectivity index (χ1) is 10.7. The SMILES string of the molecule is O=C(/C=C/c1ccccc1[N+](=O)[O-])NCC[NH+]1CCOCC1. The van der Waals surface area contributed by atoms with Gasteiger partial charge in [0, 0.05) is 12.1 Å². The van der Waals surface area contributed by atoms with E-state index in [9.17, 15) is 14.9 Å². The quantitative estimate of drug-likeness (QED) is 0.427. The van der Waals surface area contributed by atoms with Gasteiger partial charge in [0.25, 0.3) is 5.69 Å². The van der Waals surface area contributed by atoms with E-state index >= 15 is 0 Å². The van der Waals surface area contributed by atoms with Crippen molar-refractivity contribution in [2.24, 2.45) is 0 Å². The molecule has 0 saturated carbocycles. The van der Waals surface area contributed by atoms with Crippen LogP contribution in [0.3, 0.4) is 0 Å². The highest BCUT2D eigenvalue weighted by atomic mass is 16.6. The topological polar surface area (TPSA) is 85.9 Å². The van der Waals surface area contributed by atoms with Gasteiger partial charge in [0.15, 0.2) is 0 Å². The molecule has 0 unspecified atom stereocenters. The lowest BCUT2D eigenvalue weighted by Crippen LogP contribution is -3.14. The summed E-state index contributed by atoms with van der Waals surface area (Å²) in [5.41, 5.74) is 0.408. The van der Waals surface area contributed by atoms with Crippen molar-refractivity contribution in [2.45, 2.75) is 0 Å². The molecule has 7 heteroatoms. The molecule has 1 aromatic carbocycles. The number of quaternary nitrogens is 1. The van der Waals surface area contributed by atoms with E-state index in [1.165, 1.54) is 23.1 Å². The van der Waals surface area contributed by atoms with Gasteiger partial charge in [-0.25, -0.2) is 0 Å². The number of amides is 1. The van der Waals surface area contributed by atoms with Crippen molar-refractivity contribution in [3.63, 3.8) is 0 Å². The van der Waals surface area contributed by atoms with Crippen LogP contribution in [0.25, 0.3) is 6.08 Å². The molecule has 1 heterocycles. The number of para-hydroxylation sites is 1. The Labute approximate surface area is 128 Å². The summed E-state index contributed by atoms with van der Waals surface area (Å²) in [6.07, 6.45) is 2.80. The van der Waals surface area contributed by atoms with Crippen molar-refractivity contribution in [1.29, 1.82) is 0 Å². The summed E-state index contributed by atoms with van der Waals surface area (Å²) in [6, 6.07) is 6.33. The fourth-order valence-corrected chi connectivity index (χ4v) is 2.29. The van der Waals surface area contributed by atoms with E-state index in [4.69, 9.17) is 4.74 Å². The lowest BCUT2D eigenvalue weighted by atomic mass is 10.1. The van der Waals surface area contributed by atoms with E-state index in [2.05, 4.69) is 5.32 Å². The maximum absolute atomic E-state index is 11.7. The molecule has 2 N–H and O–H groups in total. The van der Waals surface area contributed by atoms with E-state index in [1.807, 2.05) is 0 Å². The van der Waals surface area contributed by atoms with E-state index in [0.29, 0.717) is 12.1 Å². The second-order valence-electron chi connectivity index (χ2n) is 5.05. The van der Waals surface area contributed by atoms with Crippen LogP contribution in [-0.4, -0.2) is 50.2 Å². The Hall–Kier alpha value is -2.25. The molecule has 0 aliphatic carbocycles. The monoisotopic (exact) mass is 306 g/mol. The zero-order valence-corrected chi connectivity index (χ0v) is 12.3. The molecule has 1 fully saturated rings. The van der Waals surface area contributed by atoms with Crippen LogP contribution in [0.15, 0.2) is 30.3 Å². The summed E-state index contributed by atoms with van der Waals surface area (Å²) in [6.45, 7) is 4.88. The average molecular weight is 306 g/mol. The molecular weight excluding hydrogens is 286 g/mol. The molecule has 7 nitrogen and oxygen atoms in total. The predicted molar refractivity (Wildman–Crippen MR) is 81.5 cm³/mol. The van der Waals surface area contributed by atoms with Gasteiger partial charge in [-0.3, -0.25) is 14.9 Å². The number of nitrogens with one attached hydrogen (secondary N) is 2. The third-order valence-corrected chi connectivity index (χ3v) is 3.53. The number of rotatable bonds is 6. The molecule has 1 aromatic rings. The van der Waals surface area contributed by atoms with Gasteiger partial charge in [0.2, 0.25) is 5.91 Å². The maximum Gasteiger partial charge on any atom is 0.276 e. The molecule has 0 bridgehead atoms. The Morgan fingerprint density at radius 1 is 1.36 bits per heavy atom. The standard InChI is InChI=1S/C15H19N3O4/c19-15(16-7-8-17-9-11-22-12-10-17)6-5-13-3-1-2-4-14(13)18(20)21/h1-6H,7-12H2,(H,16,19)/p+1/b6-5+. The summed E-state index contributed by atoms with van der Waals surface area (Å²) >= 11 is 0. The maximum atomic E-state index is 11.7. The summed E-state index contributed by atoms with van der Waals surface area (Å²) in [7, 11) is 0. The molecule has 1 amide bonds. The number of nitro benzene ring substituents is 1. The van der Waals surface area contributed by atoms with Crippen LogP contribution in [0.4, 0.5) is 5.69 Å². The molecule has 1 aliphatic rings. The van der Waals surface area contributed by atoms with E-state index in [1.54, 1.807) is 18.2 Å². The molecule has 0 aromatic heterocycles. The van der Waals surface area contributed by atoms with Gasteiger partial charge in [-0.05, 0) is 12.1 Å². The minimum atomic E-state index is -0.459. The number of nitro groups is 1. The number of ether oxygens (including phenoxy) is 1. The van der Waals surface area contributed by atoms with Gasteiger partial charge in [-0.2, -0.15) is 0 Å². The lowest BCUT2D eigenvalue weighted by Gasteiger charge is -2.23. The zero-order valence-electron chi connectivity index (χ0n) is 12.3. The van der Waals surface area contributed by atoms with Crippen LogP contribution < -0.4 is 10.2 Å². The number of hydrogen-bond acceptors (Lipinski definition) is 4. The number of benzene rings is 1. The van der Waals surface area contributed by atoms with Crippen LogP contribution in [-0.2, 0) is 9.53 Å². The Kier molecular flexibility index (Phi) is 6.05. The summed E-state index contributed by atoms with van der Waals surface area (Å²) < 4.78 is 5.27. The first-order valence-electron chi connectivity index (χ1n) is 7.27. The minimum Gasteiger partial charge on any atom is -0.370 e. The highest BCUT2D eigenvalue weighted by molar-refractivity contribution is 5.92. The highest BCUT2D eigenvalue weighted by Crippen LogP contribution is 2.18. The molecule has 0 spiro atoms. The first kappa shape index (κ1) is 16.1. The zero-order chi connectivity index (χ0) is 15.8. The van der Waals surface area contributed by atoms with Crippen LogP contribution in [0.5, 0.6) is 0 Å². The Balaban J connectivity index is 1.80. The third kappa shape index (κ3) is 4.94. The van der Waals surface area contributed by atoms with Gasteiger partial charge in [-0.1, -0.05) is 12.1 Å². The van der Waals surface area contributed by atoms with Crippen LogP contribution in [0.2, 0.25) is 0 Å². The van der Waals surface area contributed by atoms with Gasteiger partial charge >= 0.3 is 0 Å². The highest BCUT2D eigenvalue weighted by Gasteiger charge is 2.13. The number of morpholine rings is 1. The number of nitrogens with zero attached hydrogens (tertiary/aromatic N) is 1. The molecule has 2 rings (SSSR count). The third-order valence-electron chi connectivity index (χ3n) is 3.53. The molecule has 22 heavy (non-hydrogen) atoms. The van der Waals surface area contributed by atoms with Crippen molar-refractivity contribution in [3.8, 4) is 0 Å². The minimum absolute atomic E-state index is 0.00990. The molecule has 118 valence electrons. The van der Waals surface area contributed by atoms with Gasteiger partial charge in [-0.15, -0.1) is 0 Å². The molecule has 1 aliphatic heterocycles. The lowest BCUT2D eigenvalue weighted by molar-refractivity contribution is -0.906. The average Bonchev–Trinajstić information content (AvgIpc) is 2.54.